The van der Waals surface area contributed by atoms with Crippen molar-refractivity contribution >= 4 is 11.8 Å². The molecule has 0 heterocycles. The molecule has 5 unspecified atom stereocenters. The van der Waals surface area contributed by atoms with Crippen molar-refractivity contribution in [1.29, 1.82) is 0 Å². The molecule has 1 N–H and O–H groups in total. The molecule has 0 aromatic carbocycles. The van der Waals surface area contributed by atoms with Gasteiger partial charge >= 0.3 is 0 Å². The lowest BCUT2D eigenvalue weighted by Gasteiger charge is -2.32. The summed E-state index contributed by atoms with van der Waals surface area (Å²) in [7, 11) is 0. The molecule has 2 heteroatoms. The van der Waals surface area contributed by atoms with Gasteiger partial charge in [0.05, 0.1) is 0 Å². The molecule has 19 heavy (non-hydrogen) atoms. The van der Waals surface area contributed by atoms with Gasteiger partial charge in [0.25, 0.3) is 0 Å². The van der Waals surface area contributed by atoms with Crippen LogP contribution in [0, 0.1) is 23.7 Å². The molecule has 0 aliphatic heterocycles. The third-order valence-electron chi connectivity index (χ3n) is 6.11. The van der Waals surface area contributed by atoms with E-state index in [0.29, 0.717) is 0 Å². The topological polar surface area (TPSA) is 12.0 Å². The van der Waals surface area contributed by atoms with Crippen LogP contribution in [0.5, 0.6) is 0 Å². The van der Waals surface area contributed by atoms with E-state index in [1.54, 1.807) is 19.3 Å². The second-order valence-corrected chi connectivity index (χ2v) is 8.11. The largest absolute Gasteiger partial charge is 0.314 e. The first-order chi connectivity index (χ1) is 9.40. The first-order valence-electron chi connectivity index (χ1n) is 8.62. The van der Waals surface area contributed by atoms with Crippen LogP contribution in [0.25, 0.3) is 0 Å². The van der Waals surface area contributed by atoms with Crippen LogP contribution in [-0.2, 0) is 0 Å². The van der Waals surface area contributed by atoms with E-state index in [1.165, 1.54) is 50.8 Å². The molecular weight excluding hydrogens is 250 g/mol. The lowest BCUT2D eigenvalue weighted by molar-refractivity contribution is 0.208. The second-order valence-electron chi connectivity index (χ2n) is 7.12. The molecule has 3 saturated carbocycles. The molecule has 3 fully saturated rings. The van der Waals surface area contributed by atoms with Crippen LogP contribution in [0.2, 0.25) is 0 Å². The molecule has 1 nitrogen and oxygen atoms in total. The standard InChI is InChI=1S/C17H31NS/c1-19-10-5-3-2-4-9-18-17-12-13-11-16(17)15-8-6-7-14(13)15/h13-18H,2-12H2,1H3. The van der Waals surface area contributed by atoms with Crippen molar-refractivity contribution in [2.75, 3.05) is 18.6 Å². The summed E-state index contributed by atoms with van der Waals surface area (Å²) in [4.78, 5) is 0. The Balaban J connectivity index is 1.30. The average Bonchev–Trinajstić information content (AvgIpc) is 3.09. The van der Waals surface area contributed by atoms with Crippen LogP contribution >= 0.6 is 11.8 Å². The number of fused-ring (bicyclic) bond motifs is 5. The summed E-state index contributed by atoms with van der Waals surface area (Å²) < 4.78 is 0. The van der Waals surface area contributed by atoms with Gasteiger partial charge in [-0.3, -0.25) is 0 Å². The molecule has 110 valence electrons. The Morgan fingerprint density at radius 3 is 2.68 bits per heavy atom. The van der Waals surface area contributed by atoms with E-state index >= 15 is 0 Å². The van der Waals surface area contributed by atoms with Crippen molar-refractivity contribution in [2.24, 2.45) is 23.7 Å². The summed E-state index contributed by atoms with van der Waals surface area (Å²) in [6.45, 7) is 1.28. The predicted octanol–water partition coefficient (Wildman–Crippen LogP) is 4.32. The normalized spacial score (nSPS) is 39.9. The maximum atomic E-state index is 3.91. The van der Waals surface area contributed by atoms with E-state index in [2.05, 4.69) is 11.6 Å². The highest BCUT2D eigenvalue weighted by Gasteiger charge is 2.53. The Hall–Kier alpha value is 0.310. The number of rotatable bonds is 8. The van der Waals surface area contributed by atoms with Crippen LogP contribution in [-0.4, -0.2) is 24.6 Å². The Morgan fingerprint density at radius 1 is 0.947 bits per heavy atom. The van der Waals surface area contributed by atoms with Gasteiger partial charge in [-0.05, 0) is 80.7 Å². The summed E-state index contributed by atoms with van der Waals surface area (Å²) in [5.41, 5.74) is 0. The second kappa shape index (κ2) is 6.85. The van der Waals surface area contributed by atoms with Gasteiger partial charge in [0.15, 0.2) is 0 Å². The highest BCUT2D eigenvalue weighted by molar-refractivity contribution is 7.98. The van der Waals surface area contributed by atoms with Crippen LogP contribution < -0.4 is 5.32 Å². The molecule has 3 aliphatic carbocycles. The van der Waals surface area contributed by atoms with Gasteiger partial charge in [-0.1, -0.05) is 19.3 Å². The summed E-state index contributed by atoms with van der Waals surface area (Å²) in [6, 6.07) is 0.899. The van der Waals surface area contributed by atoms with Gasteiger partial charge in [0, 0.05) is 6.04 Å². The third kappa shape index (κ3) is 3.15. The summed E-state index contributed by atoms with van der Waals surface area (Å²) in [5.74, 6) is 5.79. The Kier molecular flexibility index (Phi) is 5.14. The summed E-state index contributed by atoms with van der Waals surface area (Å²) in [5, 5.41) is 3.91. The Morgan fingerprint density at radius 2 is 1.79 bits per heavy atom. The summed E-state index contributed by atoms with van der Waals surface area (Å²) >= 11 is 1.99. The van der Waals surface area contributed by atoms with Crippen molar-refractivity contribution < 1.29 is 0 Å². The van der Waals surface area contributed by atoms with Crippen molar-refractivity contribution in [3.05, 3.63) is 0 Å². The van der Waals surface area contributed by atoms with Crippen molar-refractivity contribution in [3.63, 3.8) is 0 Å². The van der Waals surface area contributed by atoms with E-state index in [9.17, 15) is 0 Å². The molecule has 0 radical (unpaired) electrons. The molecule has 0 amide bonds. The lowest BCUT2D eigenvalue weighted by atomic mass is 9.79. The number of nitrogens with one attached hydrogen (secondary N) is 1. The van der Waals surface area contributed by atoms with Crippen LogP contribution in [0.3, 0.4) is 0 Å². The smallest absolute Gasteiger partial charge is 0.0101 e. The van der Waals surface area contributed by atoms with Gasteiger partial charge in [-0.2, -0.15) is 11.8 Å². The lowest BCUT2D eigenvalue weighted by Crippen LogP contribution is -2.39. The molecule has 0 saturated heterocycles. The van der Waals surface area contributed by atoms with E-state index in [4.69, 9.17) is 0 Å². The zero-order valence-corrected chi connectivity index (χ0v) is 13.4. The maximum absolute atomic E-state index is 3.91. The molecule has 5 atom stereocenters. The average molecular weight is 282 g/mol. The minimum absolute atomic E-state index is 0.899. The fourth-order valence-corrected chi connectivity index (χ4v) is 5.81. The van der Waals surface area contributed by atoms with Crippen molar-refractivity contribution in [2.45, 2.75) is 63.8 Å². The van der Waals surface area contributed by atoms with E-state index in [0.717, 1.165) is 29.7 Å². The van der Waals surface area contributed by atoms with E-state index < -0.39 is 0 Å². The Labute approximate surface area is 123 Å². The van der Waals surface area contributed by atoms with Crippen LogP contribution in [0.15, 0.2) is 0 Å². The third-order valence-corrected chi connectivity index (χ3v) is 6.81. The SMILES string of the molecule is CSCCCCCCNC1CC2CC1C1CCCC21. The zero-order valence-electron chi connectivity index (χ0n) is 12.6. The quantitative estimate of drug-likeness (QED) is 0.665. The minimum Gasteiger partial charge on any atom is -0.314 e. The van der Waals surface area contributed by atoms with Crippen molar-refractivity contribution in [1.82, 2.24) is 5.32 Å². The molecule has 3 rings (SSSR count). The van der Waals surface area contributed by atoms with Crippen LogP contribution in [0.1, 0.15) is 57.8 Å². The fraction of sp³-hybridized carbons (Fsp3) is 1.00. The summed E-state index contributed by atoms with van der Waals surface area (Å²) in [6.07, 6.45) is 15.6. The minimum atomic E-state index is 0.899. The molecule has 3 aliphatic rings. The first-order valence-corrected chi connectivity index (χ1v) is 10.0. The number of thioether (sulfide) groups is 1. The highest BCUT2D eigenvalue weighted by Crippen LogP contribution is 2.58. The van der Waals surface area contributed by atoms with Crippen LogP contribution in [0.4, 0.5) is 0 Å². The van der Waals surface area contributed by atoms with Gasteiger partial charge in [-0.15, -0.1) is 0 Å². The Bertz CT molecular complexity index is 280. The van der Waals surface area contributed by atoms with E-state index in [1.807, 2.05) is 11.8 Å². The number of hydrogen-bond acceptors (Lipinski definition) is 2. The molecule has 0 aromatic heterocycles. The monoisotopic (exact) mass is 281 g/mol. The number of hydrogen-bond donors (Lipinski definition) is 1. The van der Waals surface area contributed by atoms with Crippen molar-refractivity contribution in [3.8, 4) is 0 Å². The predicted molar refractivity (Wildman–Crippen MR) is 85.7 cm³/mol. The molecule has 0 aromatic rings. The fourth-order valence-electron chi connectivity index (χ4n) is 5.32. The van der Waals surface area contributed by atoms with Gasteiger partial charge in [0.2, 0.25) is 0 Å². The highest BCUT2D eigenvalue weighted by atomic mass is 32.2. The zero-order chi connectivity index (χ0) is 13.1. The number of unbranched alkanes of at least 4 members (excludes halogenated alkanes) is 3. The maximum Gasteiger partial charge on any atom is 0.0101 e. The first kappa shape index (κ1) is 14.3. The molecular formula is C17H31NS. The molecule has 0 spiro atoms. The van der Waals surface area contributed by atoms with E-state index in [-0.39, 0.29) is 0 Å². The molecule has 2 bridgehead atoms. The van der Waals surface area contributed by atoms with Gasteiger partial charge in [0.1, 0.15) is 0 Å². The van der Waals surface area contributed by atoms with Gasteiger partial charge < -0.3 is 5.32 Å². The van der Waals surface area contributed by atoms with Gasteiger partial charge in [-0.25, -0.2) is 0 Å².